The number of nitrogens with zero attached hydrogens (tertiary/aromatic N) is 1. The first-order chi connectivity index (χ1) is 8.56. The molecular weight excluding hydrogens is 256 g/mol. The molecule has 0 bridgehead atoms. The highest BCUT2D eigenvalue weighted by molar-refractivity contribution is 7.80. The number of pyridine rings is 1. The standard InChI is InChI=1S/C12H9F2N3S/c13-7-1-2-10(9(14)5-7)17-8-3-4-16-11(6-8)12(15)18/h1-6H,(H2,15,18)(H,16,17). The Labute approximate surface area is 108 Å². The summed E-state index contributed by atoms with van der Waals surface area (Å²) in [6.07, 6.45) is 1.50. The van der Waals surface area contributed by atoms with Crippen LogP contribution in [0.5, 0.6) is 0 Å². The average molecular weight is 265 g/mol. The van der Waals surface area contributed by atoms with Crippen molar-refractivity contribution in [1.29, 1.82) is 0 Å². The summed E-state index contributed by atoms with van der Waals surface area (Å²) >= 11 is 4.79. The van der Waals surface area contributed by atoms with Gasteiger partial charge in [-0.1, -0.05) is 12.2 Å². The van der Waals surface area contributed by atoms with Crippen LogP contribution in [0.2, 0.25) is 0 Å². The molecule has 92 valence electrons. The number of thiocarbonyl (C=S) groups is 1. The molecule has 1 aromatic carbocycles. The minimum absolute atomic E-state index is 0.151. The minimum Gasteiger partial charge on any atom is -0.388 e. The van der Waals surface area contributed by atoms with Gasteiger partial charge in [0.1, 0.15) is 16.6 Å². The number of benzene rings is 1. The van der Waals surface area contributed by atoms with Gasteiger partial charge in [0.15, 0.2) is 0 Å². The molecule has 0 unspecified atom stereocenters. The Balaban J connectivity index is 2.28. The van der Waals surface area contributed by atoms with Gasteiger partial charge in [-0.3, -0.25) is 4.98 Å². The maximum atomic E-state index is 13.4. The fourth-order valence-electron chi connectivity index (χ4n) is 1.39. The number of nitrogens with one attached hydrogen (secondary N) is 1. The second kappa shape index (κ2) is 5.05. The van der Waals surface area contributed by atoms with Crippen LogP contribution in [0.1, 0.15) is 5.69 Å². The fraction of sp³-hybridized carbons (Fsp3) is 0. The van der Waals surface area contributed by atoms with Crippen LogP contribution >= 0.6 is 12.2 Å². The zero-order valence-corrected chi connectivity index (χ0v) is 9.97. The number of hydrogen-bond donors (Lipinski definition) is 2. The molecule has 0 aliphatic carbocycles. The maximum Gasteiger partial charge on any atom is 0.149 e. The zero-order chi connectivity index (χ0) is 13.1. The predicted octanol–water partition coefficient (Wildman–Crippen LogP) is 2.74. The van der Waals surface area contributed by atoms with Gasteiger partial charge >= 0.3 is 0 Å². The van der Waals surface area contributed by atoms with Crippen molar-refractivity contribution in [2.75, 3.05) is 5.32 Å². The van der Waals surface area contributed by atoms with Crippen LogP contribution in [-0.2, 0) is 0 Å². The molecule has 3 N–H and O–H groups in total. The van der Waals surface area contributed by atoms with Crippen LogP contribution in [0, 0.1) is 11.6 Å². The van der Waals surface area contributed by atoms with E-state index in [0.717, 1.165) is 6.07 Å². The van der Waals surface area contributed by atoms with E-state index in [4.69, 9.17) is 18.0 Å². The molecule has 1 aromatic heterocycles. The molecule has 2 rings (SSSR count). The first-order valence-electron chi connectivity index (χ1n) is 5.04. The number of anilines is 2. The van der Waals surface area contributed by atoms with Crippen molar-refractivity contribution in [3.05, 3.63) is 53.9 Å². The van der Waals surface area contributed by atoms with Crippen LogP contribution < -0.4 is 11.1 Å². The highest BCUT2D eigenvalue weighted by Gasteiger charge is 2.05. The Morgan fingerprint density at radius 1 is 1.22 bits per heavy atom. The fourth-order valence-corrected chi connectivity index (χ4v) is 1.50. The van der Waals surface area contributed by atoms with E-state index < -0.39 is 11.6 Å². The van der Waals surface area contributed by atoms with Crippen LogP contribution in [0.4, 0.5) is 20.2 Å². The van der Waals surface area contributed by atoms with Gasteiger partial charge in [-0.2, -0.15) is 0 Å². The van der Waals surface area contributed by atoms with Gasteiger partial charge in [0.05, 0.1) is 11.4 Å². The minimum atomic E-state index is -0.677. The third kappa shape index (κ3) is 2.78. The molecule has 0 spiro atoms. The van der Waals surface area contributed by atoms with E-state index in [-0.39, 0.29) is 10.7 Å². The summed E-state index contributed by atoms with van der Waals surface area (Å²) in [7, 11) is 0. The number of rotatable bonds is 3. The summed E-state index contributed by atoms with van der Waals surface area (Å²) in [4.78, 5) is 4.11. The van der Waals surface area contributed by atoms with Crippen LogP contribution in [-0.4, -0.2) is 9.97 Å². The van der Waals surface area contributed by atoms with Gasteiger partial charge in [-0.25, -0.2) is 8.78 Å². The molecular formula is C12H9F2N3S. The van der Waals surface area contributed by atoms with E-state index in [0.29, 0.717) is 11.4 Å². The average Bonchev–Trinajstić information content (AvgIpc) is 2.33. The van der Waals surface area contributed by atoms with Gasteiger partial charge in [0.25, 0.3) is 0 Å². The van der Waals surface area contributed by atoms with E-state index in [9.17, 15) is 8.78 Å². The maximum absolute atomic E-state index is 13.4. The highest BCUT2D eigenvalue weighted by Crippen LogP contribution is 2.20. The molecule has 6 heteroatoms. The Morgan fingerprint density at radius 3 is 2.67 bits per heavy atom. The van der Waals surface area contributed by atoms with Gasteiger partial charge in [-0.05, 0) is 24.3 Å². The largest absolute Gasteiger partial charge is 0.388 e. The summed E-state index contributed by atoms with van der Waals surface area (Å²) < 4.78 is 26.2. The molecule has 0 atom stereocenters. The lowest BCUT2D eigenvalue weighted by molar-refractivity contribution is 0.586. The lowest BCUT2D eigenvalue weighted by Gasteiger charge is -2.08. The van der Waals surface area contributed by atoms with Crippen molar-refractivity contribution in [2.45, 2.75) is 0 Å². The summed E-state index contributed by atoms with van der Waals surface area (Å²) in [6, 6.07) is 6.50. The second-order valence-corrected chi connectivity index (χ2v) is 3.98. The van der Waals surface area contributed by atoms with Gasteiger partial charge < -0.3 is 11.1 Å². The highest BCUT2D eigenvalue weighted by atomic mass is 32.1. The van der Waals surface area contributed by atoms with E-state index in [1.165, 1.54) is 18.3 Å². The number of nitrogens with two attached hydrogens (primary N) is 1. The van der Waals surface area contributed by atoms with E-state index in [1.54, 1.807) is 12.1 Å². The number of halogens is 2. The molecule has 0 radical (unpaired) electrons. The van der Waals surface area contributed by atoms with Gasteiger partial charge in [0.2, 0.25) is 0 Å². The van der Waals surface area contributed by atoms with Crippen molar-refractivity contribution >= 4 is 28.6 Å². The molecule has 0 fully saturated rings. The molecule has 3 nitrogen and oxygen atoms in total. The topological polar surface area (TPSA) is 50.9 Å². The monoisotopic (exact) mass is 265 g/mol. The lowest BCUT2D eigenvalue weighted by Crippen LogP contribution is -2.11. The summed E-state index contributed by atoms with van der Waals surface area (Å²) in [5.74, 6) is -1.31. The smallest absolute Gasteiger partial charge is 0.149 e. The van der Waals surface area contributed by atoms with Gasteiger partial charge in [0, 0.05) is 18.0 Å². The van der Waals surface area contributed by atoms with Crippen LogP contribution in [0.25, 0.3) is 0 Å². The van der Waals surface area contributed by atoms with Gasteiger partial charge in [-0.15, -0.1) is 0 Å². The lowest BCUT2D eigenvalue weighted by atomic mass is 10.2. The first kappa shape index (κ1) is 12.4. The third-order valence-electron chi connectivity index (χ3n) is 2.22. The van der Waals surface area contributed by atoms with E-state index >= 15 is 0 Å². The Kier molecular flexibility index (Phi) is 3.47. The van der Waals surface area contributed by atoms with Crippen LogP contribution in [0.3, 0.4) is 0 Å². The normalized spacial score (nSPS) is 10.1. The SMILES string of the molecule is NC(=S)c1cc(Nc2ccc(F)cc2F)ccn1. The van der Waals surface area contributed by atoms with Crippen molar-refractivity contribution < 1.29 is 8.78 Å². The molecule has 0 aliphatic heterocycles. The van der Waals surface area contributed by atoms with Crippen molar-refractivity contribution in [3.63, 3.8) is 0 Å². The third-order valence-corrected chi connectivity index (χ3v) is 2.43. The van der Waals surface area contributed by atoms with Crippen LogP contribution in [0.15, 0.2) is 36.5 Å². The summed E-state index contributed by atoms with van der Waals surface area (Å²) in [6.45, 7) is 0. The molecule has 18 heavy (non-hydrogen) atoms. The molecule has 1 heterocycles. The number of aromatic nitrogens is 1. The Morgan fingerprint density at radius 2 is 2.00 bits per heavy atom. The quantitative estimate of drug-likeness (QED) is 0.838. The summed E-state index contributed by atoms with van der Waals surface area (Å²) in [5, 5.41) is 2.80. The molecule has 0 saturated heterocycles. The van der Waals surface area contributed by atoms with Crippen molar-refractivity contribution in [2.24, 2.45) is 5.73 Å². The molecule has 0 aliphatic rings. The predicted molar refractivity (Wildman–Crippen MR) is 69.8 cm³/mol. The van der Waals surface area contributed by atoms with E-state index in [2.05, 4.69) is 10.3 Å². The molecule has 0 saturated carbocycles. The molecule has 0 amide bonds. The number of hydrogen-bond acceptors (Lipinski definition) is 3. The second-order valence-electron chi connectivity index (χ2n) is 3.54. The molecule has 2 aromatic rings. The first-order valence-corrected chi connectivity index (χ1v) is 5.45. The van der Waals surface area contributed by atoms with Crippen molar-refractivity contribution in [3.8, 4) is 0 Å². The Bertz CT molecular complexity index is 602. The summed E-state index contributed by atoms with van der Waals surface area (Å²) in [5.41, 5.74) is 6.60. The zero-order valence-electron chi connectivity index (χ0n) is 9.15. The Hall–Kier alpha value is -2.08. The van der Waals surface area contributed by atoms with Crippen molar-refractivity contribution in [1.82, 2.24) is 4.98 Å². The van der Waals surface area contributed by atoms with E-state index in [1.807, 2.05) is 0 Å².